The lowest BCUT2D eigenvalue weighted by molar-refractivity contribution is 0.485. The van der Waals surface area contributed by atoms with E-state index in [-0.39, 0.29) is 5.56 Å². The third-order valence-electron chi connectivity index (χ3n) is 4.10. The largest absolute Gasteiger partial charge is 0.425 e. The van der Waals surface area contributed by atoms with Gasteiger partial charge in [-0.15, -0.1) is 10.2 Å². The van der Waals surface area contributed by atoms with Crippen molar-refractivity contribution in [2.24, 2.45) is 0 Å². The number of benzene rings is 2. The molecule has 0 amide bonds. The summed E-state index contributed by atoms with van der Waals surface area (Å²) in [5.74, 6) is 1.46. The van der Waals surface area contributed by atoms with Gasteiger partial charge in [0.05, 0.1) is 22.3 Å². The van der Waals surface area contributed by atoms with E-state index in [0.29, 0.717) is 33.6 Å². The standard InChI is InChI=1S/C20H18N4O2S/c1-12-8-13(2)10-15(9-12)24-19(25)16-6-4-5-7-17(16)21-20(24)27-11-18-23-22-14(3)26-18/h4-10H,11H2,1-3H3. The first-order chi connectivity index (χ1) is 13.0. The van der Waals surface area contributed by atoms with Crippen molar-refractivity contribution >= 4 is 22.7 Å². The molecule has 4 rings (SSSR count). The van der Waals surface area contributed by atoms with Gasteiger partial charge in [0.1, 0.15) is 0 Å². The van der Waals surface area contributed by atoms with Crippen molar-refractivity contribution in [2.45, 2.75) is 31.7 Å². The highest BCUT2D eigenvalue weighted by molar-refractivity contribution is 7.98. The molecule has 6 nitrogen and oxygen atoms in total. The average molecular weight is 378 g/mol. The molecule has 4 aromatic rings. The van der Waals surface area contributed by atoms with Gasteiger partial charge < -0.3 is 4.42 Å². The van der Waals surface area contributed by atoms with Gasteiger partial charge >= 0.3 is 0 Å². The summed E-state index contributed by atoms with van der Waals surface area (Å²) < 4.78 is 7.11. The fourth-order valence-corrected chi connectivity index (χ4v) is 3.89. The van der Waals surface area contributed by atoms with Crippen LogP contribution in [0.4, 0.5) is 0 Å². The smallest absolute Gasteiger partial charge is 0.266 e. The second-order valence-corrected chi connectivity index (χ2v) is 7.34. The Morgan fingerprint density at radius 2 is 1.78 bits per heavy atom. The minimum Gasteiger partial charge on any atom is -0.425 e. The van der Waals surface area contributed by atoms with Crippen LogP contribution in [0, 0.1) is 20.8 Å². The molecule has 0 aliphatic heterocycles. The molecular formula is C20H18N4O2S. The van der Waals surface area contributed by atoms with Crippen molar-refractivity contribution < 1.29 is 4.42 Å². The Labute approximate surface area is 160 Å². The lowest BCUT2D eigenvalue weighted by Gasteiger charge is -2.14. The first kappa shape index (κ1) is 17.5. The number of aromatic nitrogens is 4. The molecule has 0 radical (unpaired) electrons. The molecule has 2 aromatic heterocycles. The molecule has 2 heterocycles. The van der Waals surface area contributed by atoms with Crippen molar-refractivity contribution in [3.8, 4) is 5.69 Å². The molecule has 0 spiro atoms. The highest BCUT2D eigenvalue weighted by Gasteiger charge is 2.15. The van der Waals surface area contributed by atoms with Gasteiger partial charge in [0.15, 0.2) is 5.16 Å². The predicted octanol–water partition coefficient (Wildman–Crippen LogP) is 3.99. The summed E-state index contributed by atoms with van der Waals surface area (Å²) in [6.45, 7) is 5.79. The lowest BCUT2D eigenvalue weighted by Crippen LogP contribution is -2.22. The number of hydrogen-bond acceptors (Lipinski definition) is 6. The van der Waals surface area contributed by atoms with Gasteiger partial charge in [-0.3, -0.25) is 9.36 Å². The molecule has 0 atom stereocenters. The minimum atomic E-state index is -0.0881. The summed E-state index contributed by atoms with van der Waals surface area (Å²) in [7, 11) is 0. The van der Waals surface area contributed by atoms with Crippen LogP contribution in [0.3, 0.4) is 0 Å². The van der Waals surface area contributed by atoms with Crippen molar-refractivity contribution in [3.05, 3.63) is 75.7 Å². The summed E-state index contributed by atoms with van der Waals surface area (Å²) >= 11 is 1.40. The monoisotopic (exact) mass is 378 g/mol. The molecule has 27 heavy (non-hydrogen) atoms. The van der Waals surface area contributed by atoms with E-state index in [4.69, 9.17) is 9.40 Å². The first-order valence-electron chi connectivity index (χ1n) is 8.53. The molecule has 0 unspecified atom stereocenters. The van der Waals surface area contributed by atoms with E-state index in [9.17, 15) is 4.79 Å². The predicted molar refractivity (Wildman–Crippen MR) is 105 cm³/mol. The van der Waals surface area contributed by atoms with Gasteiger partial charge in [-0.2, -0.15) is 0 Å². The van der Waals surface area contributed by atoms with Crippen molar-refractivity contribution in [2.75, 3.05) is 0 Å². The van der Waals surface area contributed by atoms with Crippen LogP contribution in [0.1, 0.15) is 22.9 Å². The Kier molecular flexibility index (Phi) is 4.53. The Morgan fingerprint density at radius 1 is 1.04 bits per heavy atom. The molecule has 0 aliphatic rings. The Morgan fingerprint density at radius 3 is 2.48 bits per heavy atom. The first-order valence-corrected chi connectivity index (χ1v) is 9.52. The van der Waals surface area contributed by atoms with Gasteiger partial charge in [0.25, 0.3) is 5.56 Å². The zero-order valence-electron chi connectivity index (χ0n) is 15.3. The Balaban J connectivity index is 1.88. The van der Waals surface area contributed by atoms with Crippen molar-refractivity contribution in [3.63, 3.8) is 0 Å². The number of nitrogens with zero attached hydrogens (tertiary/aromatic N) is 4. The second kappa shape index (κ2) is 7.00. The molecule has 7 heteroatoms. The molecule has 0 saturated carbocycles. The van der Waals surface area contributed by atoms with Gasteiger partial charge in [-0.25, -0.2) is 4.98 Å². The topological polar surface area (TPSA) is 73.8 Å². The fraction of sp³-hybridized carbons (Fsp3) is 0.200. The van der Waals surface area contributed by atoms with E-state index in [1.165, 1.54) is 11.8 Å². The summed E-state index contributed by atoms with van der Waals surface area (Å²) in [6, 6.07) is 13.5. The molecule has 2 aromatic carbocycles. The van der Waals surface area contributed by atoms with E-state index in [1.54, 1.807) is 17.6 Å². The van der Waals surface area contributed by atoms with E-state index in [1.807, 2.05) is 44.2 Å². The Hall–Kier alpha value is -2.93. The van der Waals surface area contributed by atoms with Gasteiger partial charge in [0, 0.05) is 6.92 Å². The fourth-order valence-electron chi connectivity index (χ4n) is 3.04. The number of fused-ring (bicyclic) bond motifs is 1. The summed E-state index contributed by atoms with van der Waals surface area (Å²) in [4.78, 5) is 18.0. The number of rotatable bonds is 4. The zero-order chi connectivity index (χ0) is 19.0. The molecule has 0 saturated heterocycles. The molecule has 0 aliphatic carbocycles. The van der Waals surface area contributed by atoms with E-state index >= 15 is 0 Å². The molecule has 0 fully saturated rings. The maximum atomic E-state index is 13.2. The highest BCUT2D eigenvalue weighted by atomic mass is 32.2. The minimum absolute atomic E-state index is 0.0881. The van der Waals surface area contributed by atoms with Crippen LogP contribution in [0.15, 0.2) is 56.8 Å². The quantitative estimate of drug-likeness (QED) is 0.395. The Bertz CT molecular complexity index is 1180. The molecule has 0 N–H and O–H groups in total. The molecule has 0 bridgehead atoms. The van der Waals surface area contributed by atoms with Crippen LogP contribution in [0.2, 0.25) is 0 Å². The normalized spacial score (nSPS) is 11.2. The zero-order valence-corrected chi connectivity index (χ0v) is 16.1. The summed E-state index contributed by atoms with van der Waals surface area (Å²) in [6.07, 6.45) is 0. The SMILES string of the molecule is Cc1cc(C)cc(-n2c(SCc3nnc(C)o3)nc3ccccc3c2=O)c1. The van der Waals surface area contributed by atoms with Gasteiger partial charge in [-0.1, -0.05) is 30.0 Å². The van der Waals surface area contributed by atoms with Crippen LogP contribution in [-0.2, 0) is 5.75 Å². The van der Waals surface area contributed by atoms with Crippen LogP contribution in [0.25, 0.3) is 16.6 Å². The van der Waals surface area contributed by atoms with Crippen LogP contribution >= 0.6 is 11.8 Å². The molecular weight excluding hydrogens is 360 g/mol. The van der Waals surface area contributed by atoms with E-state index in [0.717, 1.165) is 16.8 Å². The maximum Gasteiger partial charge on any atom is 0.266 e. The number of thioether (sulfide) groups is 1. The van der Waals surface area contributed by atoms with Gasteiger partial charge in [0.2, 0.25) is 11.8 Å². The van der Waals surface area contributed by atoms with Crippen LogP contribution < -0.4 is 5.56 Å². The highest BCUT2D eigenvalue weighted by Crippen LogP contribution is 2.25. The van der Waals surface area contributed by atoms with Crippen molar-refractivity contribution in [1.29, 1.82) is 0 Å². The number of para-hydroxylation sites is 1. The van der Waals surface area contributed by atoms with E-state index in [2.05, 4.69) is 16.3 Å². The third kappa shape index (κ3) is 3.50. The van der Waals surface area contributed by atoms with Crippen LogP contribution in [-0.4, -0.2) is 19.7 Å². The third-order valence-corrected chi connectivity index (χ3v) is 5.03. The summed E-state index contributed by atoms with van der Waals surface area (Å²) in [5.41, 5.74) is 3.57. The maximum absolute atomic E-state index is 13.2. The summed E-state index contributed by atoms with van der Waals surface area (Å²) in [5, 5.41) is 9.06. The number of aryl methyl sites for hydroxylation is 3. The van der Waals surface area contributed by atoms with Crippen LogP contribution in [0.5, 0.6) is 0 Å². The molecule has 136 valence electrons. The van der Waals surface area contributed by atoms with E-state index < -0.39 is 0 Å². The van der Waals surface area contributed by atoms with Crippen molar-refractivity contribution in [1.82, 2.24) is 19.7 Å². The second-order valence-electron chi connectivity index (χ2n) is 6.40. The lowest BCUT2D eigenvalue weighted by atomic mass is 10.1. The number of hydrogen-bond donors (Lipinski definition) is 0. The van der Waals surface area contributed by atoms with Gasteiger partial charge in [-0.05, 0) is 49.2 Å². The average Bonchev–Trinajstić information content (AvgIpc) is 3.04.